The molecule has 4 heterocycles. The number of aliphatic carboxylic acids is 1. The van der Waals surface area contributed by atoms with E-state index < -0.39 is 42.7 Å². The Balaban J connectivity index is 0.00000135. The molecule has 3 N–H and O–H groups in total. The van der Waals surface area contributed by atoms with Gasteiger partial charge in [0.25, 0.3) is 0 Å². The molecule has 1 aromatic carbocycles. The Bertz CT molecular complexity index is 1620. The summed E-state index contributed by atoms with van der Waals surface area (Å²) in [4.78, 5) is 45.2. The molecule has 222 valence electrons. The largest absolute Gasteiger partial charge is 0.479 e. The van der Waals surface area contributed by atoms with Gasteiger partial charge in [0.05, 0.1) is 18.6 Å². The van der Waals surface area contributed by atoms with Crippen LogP contribution in [0.25, 0.3) is 11.2 Å². The fourth-order valence-corrected chi connectivity index (χ4v) is 4.87. The van der Waals surface area contributed by atoms with Crippen molar-refractivity contribution < 1.29 is 39.2 Å². The highest BCUT2D eigenvalue weighted by Crippen LogP contribution is 2.39. The minimum atomic E-state index is -2.18. The molecule has 3 aromatic heterocycles. The highest BCUT2D eigenvalue weighted by atomic mass is 35.5. The Kier molecular flexibility index (Phi) is 10.3. The third kappa shape index (κ3) is 7.10. The van der Waals surface area contributed by atoms with Crippen LogP contribution in [0.4, 0.5) is 0 Å². The van der Waals surface area contributed by atoms with Crippen LogP contribution in [0.2, 0.25) is 5.28 Å². The molecule has 14 heteroatoms. The number of carboxylic acids is 1. The third-order valence-corrected chi connectivity index (χ3v) is 7.04. The van der Waals surface area contributed by atoms with Crippen molar-refractivity contribution in [1.29, 1.82) is 0 Å². The van der Waals surface area contributed by atoms with E-state index >= 15 is 0 Å². The number of hydrogen-bond donors (Lipinski definition) is 3. The van der Waals surface area contributed by atoms with Gasteiger partial charge in [0.1, 0.15) is 17.7 Å². The zero-order valence-electron chi connectivity index (χ0n) is 22.5. The van der Waals surface area contributed by atoms with E-state index in [9.17, 15) is 20.1 Å². The van der Waals surface area contributed by atoms with Gasteiger partial charge < -0.3 is 24.8 Å². The number of benzene rings is 1. The summed E-state index contributed by atoms with van der Waals surface area (Å²) in [7, 11) is 0. The number of imidazole rings is 1. The molecule has 5 rings (SSSR count). The van der Waals surface area contributed by atoms with Crippen LogP contribution in [-0.2, 0) is 43.1 Å². The van der Waals surface area contributed by atoms with Crippen LogP contribution in [0, 0.1) is 12.3 Å². The molecule has 0 bridgehead atoms. The van der Waals surface area contributed by atoms with Crippen molar-refractivity contribution in [3.05, 3.63) is 83.3 Å². The van der Waals surface area contributed by atoms with E-state index in [2.05, 4.69) is 25.9 Å². The van der Waals surface area contributed by atoms with Crippen LogP contribution in [0.3, 0.4) is 0 Å². The first-order valence-electron chi connectivity index (χ1n) is 12.9. The van der Waals surface area contributed by atoms with E-state index in [-0.39, 0.29) is 23.5 Å². The first kappa shape index (κ1) is 31.4. The number of aliphatic hydroxyl groups is 2. The van der Waals surface area contributed by atoms with E-state index in [4.69, 9.17) is 37.1 Å². The van der Waals surface area contributed by atoms with Gasteiger partial charge in [-0.2, -0.15) is 14.6 Å². The van der Waals surface area contributed by atoms with Gasteiger partial charge in [-0.25, -0.2) is 14.8 Å². The third-order valence-electron chi connectivity index (χ3n) is 6.88. The van der Waals surface area contributed by atoms with Gasteiger partial charge in [0.2, 0.25) is 5.28 Å². The lowest BCUT2D eigenvalue weighted by Gasteiger charge is -2.26. The summed E-state index contributed by atoms with van der Waals surface area (Å²) in [6, 6.07) is 12.8. The molecule has 1 saturated heterocycles. The number of rotatable bonds is 10. The van der Waals surface area contributed by atoms with Gasteiger partial charge >= 0.3 is 12.1 Å². The summed E-state index contributed by atoms with van der Waals surface area (Å²) >= 11 is 6.24. The number of fused-ring (bicyclic) bond motifs is 1. The Morgan fingerprint density at radius 1 is 1.14 bits per heavy atom. The number of hydrogen-bond acceptors (Lipinski definition) is 11. The molecule has 43 heavy (non-hydrogen) atoms. The molecular weight excluding hydrogens is 582 g/mol. The predicted molar refractivity (Wildman–Crippen MR) is 148 cm³/mol. The summed E-state index contributed by atoms with van der Waals surface area (Å²) < 4.78 is 13.0. The van der Waals surface area contributed by atoms with Gasteiger partial charge in [-0.05, 0) is 47.7 Å². The summed E-state index contributed by atoms with van der Waals surface area (Å²) in [5.74, 6) is 1.01. The number of aryl methyl sites for hydroxylation is 2. The van der Waals surface area contributed by atoms with E-state index in [1.54, 1.807) is 36.7 Å². The molecule has 0 radical (unpaired) electrons. The number of carbonyl (C=O) groups is 1. The minimum Gasteiger partial charge on any atom is -0.479 e. The van der Waals surface area contributed by atoms with Gasteiger partial charge in [-0.1, -0.05) is 36.3 Å². The molecule has 4 aromatic rings. The molecule has 13 nitrogen and oxygen atoms in total. The number of halogens is 1. The van der Waals surface area contributed by atoms with Crippen molar-refractivity contribution in [3.8, 4) is 12.3 Å². The number of aromatic nitrogens is 5. The lowest BCUT2D eigenvalue weighted by molar-refractivity contribution is -0.191. The van der Waals surface area contributed by atoms with Gasteiger partial charge in [0, 0.05) is 18.8 Å². The first-order chi connectivity index (χ1) is 20.7. The fourth-order valence-electron chi connectivity index (χ4n) is 4.68. The van der Waals surface area contributed by atoms with E-state index in [1.165, 1.54) is 10.9 Å². The SMILES string of the molecule is C#C[C@@]1(O)[C@@H](COC(Cc2ccccc2)C(=O)O)O[C@@H](n2cnc3c(CCc4ccncc4)nc(Cl)nc32)[C@@H]1O.O=C=O. The van der Waals surface area contributed by atoms with Crippen molar-refractivity contribution in [2.45, 2.75) is 49.4 Å². The average Bonchev–Trinajstić information content (AvgIpc) is 3.53. The van der Waals surface area contributed by atoms with Crippen LogP contribution >= 0.6 is 11.6 Å². The van der Waals surface area contributed by atoms with Crippen LogP contribution in [0.5, 0.6) is 0 Å². The van der Waals surface area contributed by atoms with Gasteiger partial charge in [0.15, 0.2) is 23.6 Å². The van der Waals surface area contributed by atoms with Crippen molar-refractivity contribution in [2.24, 2.45) is 0 Å². The van der Waals surface area contributed by atoms with Crippen molar-refractivity contribution in [1.82, 2.24) is 24.5 Å². The quantitative estimate of drug-likeness (QED) is 0.174. The van der Waals surface area contributed by atoms with Crippen LogP contribution in [0.1, 0.15) is 23.0 Å². The lowest BCUT2D eigenvalue weighted by atomic mass is 9.93. The first-order valence-corrected chi connectivity index (χ1v) is 13.3. The highest BCUT2D eigenvalue weighted by molar-refractivity contribution is 6.28. The van der Waals surface area contributed by atoms with Crippen molar-refractivity contribution in [2.75, 3.05) is 6.61 Å². The molecule has 1 aliphatic heterocycles. The Morgan fingerprint density at radius 3 is 2.49 bits per heavy atom. The zero-order valence-corrected chi connectivity index (χ0v) is 23.2. The maximum absolute atomic E-state index is 11.8. The smallest absolute Gasteiger partial charge is 0.373 e. The second-order valence-electron chi connectivity index (χ2n) is 9.48. The Morgan fingerprint density at radius 2 is 1.84 bits per heavy atom. The standard InChI is InChI=1S/C28H26ClN5O6.CO2/c1-2-28(38)21(15-39-20(26(36)37)14-18-6-4-3-5-7-18)40-25(23(28)35)34-16-31-22-19(32-27(29)33-24(22)34)9-8-17-10-12-30-13-11-17;2-1-3/h1,3-7,10-13,16,20-21,23,25,35,38H,8-9,14-15H2,(H,36,37);/t20?,21-,23+,25-,28-;/m1./s1. The second-order valence-corrected chi connectivity index (χ2v) is 9.82. The number of aliphatic hydroxyl groups excluding tert-OH is 1. The second kappa shape index (κ2) is 14.1. The summed E-state index contributed by atoms with van der Waals surface area (Å²) in [6.45, 7) is -0.391. The lowest BCUT2D eigenvalue weighted by Crippen LogP contribution is -2.48. The topological polar surface area (TPSA) is 187 Å². The van der Waals surface area contributed by atoms with Crippen molar-refractivity contribution >= 4 is 34.9 Å². The molecular formula is C29H26ClN5O8. The normalized spacial score (nSPS) is 21.8. The number of carboxylic acid groups (broad SMARTS) is 1. The molecule has 0 saturated carbocycles. The summed E-state index contributed by atoms with van der Waals surface area (Å²) in [5.41, 5.74) is 0.955. The monoisotopic (exact) mass is 607 g/mol. The molecule has 0 spiro atoms. The maximum Gasteiger partial charge on any atom is 0.373 e. The van der Waals surface area contributed by atoms with E-state index in [0.717, 1.165) is 11.1 Å². The van der Waals surface area contributed by atoms with Crippen LogP contribution < -0.4 is 0 Å². The fraction of sp³-hybridized carbons (Fsp3) is 0.310. The minimum absolute atomic E-state index is 0.0243. The van der Waals surface area contributed by atoms with E-state index in [0.29, 0.717) is 24.1 Å². The zero-order chi connectivity index (χ0) is 31.0. The van der Waals surface area contributed by atoms with Crippen molar-refractivity contribution in [3.63, 3.8) is 0 Å². The molecule has 0 amide bonds. The Hall–Kier alpha value is -4.54. The number of nitrogens with zero attached hydrogens (tertiary/aromatic N) is 5. The summed E-state index contributed by atoms with van der Waals surface area (Å²) in [5, 5.41) is 31.9. The Labute approximate surface area is 250 Å². The molecule has 0 aliphatic carbocycles. The van der Waals surface area contributed by atoms with Gasteiger partial charge in [-0.3, -0.25) is 9.55 Å². The number of terminal acetylenes is 1. The molecule has 1 unspecified atom stereocenters. The number of pyridine rings is 1. The maximum atomic E-state index is 11.8. The van der Waals surface area contributed by atoms with Gasteiger partial charge in [-0.15, -0.1) is 6.42 Å². The summed E-state index contributed by atoms with van der Waals surface area (Å²) in [6.07, 6.45) is 6.63. The average molecular weight is 608 g/mol. The number of ether oxygens (including phenoxy) is 2. The number of carbonyl (C=O) groups excluding carboxylic acids is 2. The van der Waals surface area contributed by atoms with Crippen LogP contribution in [-0.4, -0.2) is 82.5 Å². The predicted octanol–water partition coefficient (Wildman–Crippen LogP) is 1.41. The van der Waals surface area contributed by atoms with Crippen LogP contribution in [0.15, 0.2) is 61.2 Å². The highest BCUT2D eigenvalue weighted by Gasteiger charge is 2.56. The van der Waals surface area contributed by atoms with E-state index in [1.807, 2.05) is 18.2 Å². The molecule has 1 aliphatic rings. The molecule has 5 atom stereocenters. The molecule has 1 fully saturated rings.